The minimum absolute atomic E-state index is 0.119. The molecule has 0 aromatic heterocycles. The van der Waals surface area contributed by atoms with Gasteiger partial charge in [-0.15, -0.1) is 6.42 Å². The van der Waals surface area contributed by atoms with E-state index in [0.717, 1.165) is 0 Å². The van der Waals surface area contributed by atoms with Crippen LogP contribution < -0.4 is 10.0 Å². The molecule has 2 aromatic rings. The molecule has 2 aromatic carbocycles. The third kappa shape index (κ3) is 3.70. The first-order chi connectivity index (χ1) is 12.0. The molecule has 126 valence electrons. The van der Waals surface area contributed by atoms with E-state index in [1.807, 2.05) is 0 Å². The lowest BCUT2D eigenvalue weighted by atomic mass is 10.2. The summed E-state index contributed by atoms with van der Waals surface area (Å²) in [7, 11) is -3.56. The zero-order valence-corrected chi connectivity index (χ0v) is 14.0. The van der Waals surface area contributed by atoms with E-state index >= 15 is 0 Å². The van der Waals surface area contributed by atoms with Crippen LogP contribution in [0.15, 0.2) is 58.4 Å². The second kappa shape index (κ2) is 6.79. The van der Waals surface area contributed by atoms with E-state index in [2.05, 4.69) is 21.0 Å². The Labute approximate surface area is 146 Å². The number of carbonyl (C=O) groups excluding carboxylic acids is 1. The highest BCUT2D eigenvalue weighted by molar-refractivity contribution is 7.90. The maximum Gasteiger partial charge on any atom is 0.263 e. The van der Waals surface area contributed by atoms with Gasteiger partial charge < -0.3 is 5.32 Å². The molecule has 25 heavy (non-hydrogen) atoms. The Bertz CT molecular complexity index is 1000. The minimum Gasteiger partial charge on any atom is -0.326 e. The molecule has 0 saturated carbocycles. The lowest BCUT2D eigenvalue weighted by Gasteiger charge is -2.05. The van der Waals surface area contributed by atoms with Crippen LogP contribution in [0.3, 0.4) is 0 Å². The summed E-state index contributed by atoms with van der Waals surface area (Å²) in [6, 6.07) is 13.6. The lowest BCUT2D eigenvalue weighted by molar-refractivity contribution is -0.116. The van der Waals surface area contributed by atoms with Crippen molar-refractivity contribution in [3.63, 3.8) is 0 Å². The molecule has 0 unspecified atom stereocenters. The van der Waals surface area contributed by atoms with Crippen LogP contribution in [-0.2, 0) is 14.8 Å². The highest BCUT2D eigenvalue weighted by Gasteiger charge is 2.29. The van der Waals surface area contributed by atoms with E-state index in [1.165, 1.54) is 6.07 Å². The van der Waals surface area contributed by atoms with Gasteiger partial charge in [-0.3, -0.25) is 14.5 Å². The standard InChI is InChI=1S/C18H15N3O3S/c1-2-13-6-5-7-14(12-13)20-17(22)10-11-19-18-15-8-3-4-9-16(15)25(23,24)21-18/h1,3-9,12H,10-11H2,(H,19,21)(H,20,22). The van der Waals surface area contributed by atoms with Crippen molar-refractivity contribution in [3.8, 4) is 12.3 Å². The fourth-order valence-electron chi connectivity index (χ4n) is 2.43. The maximum atomic E-state index is 12.0. The molecule has 2 N–H and O–H groups in total. The molecule has 1 aliphatic rings. The van der Waals surface area contributed by atoms with Gasteiger partial charge in [-0.1, -0.05) is 24.1 Å². The molecule has 1 heterocycles. The number of aliphatic imine (C=N–C) groups is 1. The second-order valence-electron chi connectivity index (χ2n) is 5.36. The Kier molecular flexibility index (Phi) is 4.55. The first-order valence-electron chi connectivity index (χ1n) is 7.53. The van der Waals surface area contributed by atoms with Crippen LogP contribution in [0.25, 0.3) is 0 Å². The van der Waals surface area contributed by atoms with Crippen molar-refractivity contribution < 1.29 is 13.2 Å². The minimum atomic E-state index is -3.56. The van der Waals surface area contributed by atoms with Crippen molar-refractivity contribution in [1.82, 2.24) is 4.72 Å². The maximum absolute atomic E-state index is 12.0. The molecule has 0 radical (unpaired) electrons. The topological polar surface area (TPSA) is 87.6 Å². The third-order valence-electron chi connectivity index (χ3n) is 3.58. The first-order valence-corrected chi connectivity index (χ1v) is 9.01. The van der Waals surface area contributed by atoms with Gasteiger partial charge in [-0.05, 0) is 30.3 Å². The number of anilines is 1. The van der Waals surface area contributed by atoms with Gasteiger partial charge in [0.25, 0.3) is 10.0 Å². The van der Waals surface area contributed by atoms with Gasteiger partial charge in [0.1, 0.15) is 5.84 Å². The van der Waals surface area contributed by atoms with Crippen LogP contribution in [0.2, 0.25) is 0 Å². The van der Waals surface area contributed by atoms with Gasteiger partial charge in [-0.2, -0.15) is 0 Å². The van der Waals surface area contributed by atoms with Crippen molar-refractivity contribution in [2.75, 3.05) is 11.9 Å². The summed E-state index contributed by atoms with van der Waals surface area (Å²) in [6.45, 7) is 0.160. The van der Waals surface area contributed by atoms with Crippen LogP contribution in [0.1, 0.15) is 17.5 Å². The SMILES string of the molecule is C#Cc1cccc(NC(=O)CCN=C2NS(=O)(=O)c3ccccc32)c1. The fourth-order valence-corrected chi connectivity index (χ4v) is 3.68. The van der Waals surface area contributed by atoms with Crippen LogP contribution in [-0.4, -0.2) is 26.7 Å². The summed E-state index contributed by atoms with van der Waals surface area (Å²) in [5.74, 6) is 2.53. The van der Waals surface area contributed by atoms with E-state index in [0.29, 0.717) is 16.8 Å². The van der Waals surface area contributed by atoms with Crippen molar-refractivity contribution in [3.05, 3.63) is 59.7 Å². The summed E-state index contributed by atoms with van der Waals surface area (Å²) in [6.07, 6.45) is 5.44. The summed E-state index contributed by atoms with van der Waals surface area (Å²) in [5.41, 5.74) is 1.81. The van der Waals surface area contributed by atoms with Crippen LogP contribution in [0.4, 0.5) is 5.69 Å². The van der Waals surface area contributed by atoms with Crippen molar-refractivity contribution in [1.29, 1.82) is 0 Å². The predicted molar refractivity (Wildman–Crippen MR) is 95.8 cm³/mol. The zero-order chi connectivity index (χ0) is 17.9. The molecule has 3 rings (SSSR count). The van der Waals surface area contributed by atoms with E-state index in [4.69, 9.17) is 6.42 Å². The molecule has 7 heteroatoms. The highest BCUT2D eigenvalue weighted by Crippen LogP contribution is 2.22. The van der Waals surface area contributed by atoms with E-state index in [1.54, 1.807) is 42.5 Å². The summed E-state index contributed by atoms with van der Waals surface area (Å²) in [5, 5.41) is 2.74. The summed E-state index contributed by atoms with van der Waals surface area (Å²) < 4.78 is 26.4. The van der Waals surface area contributed by atoms with Crippen molar-refractivity contribution in [2.24, 2.45) is 4.99 Å². The number of sulfonamides is 1. The van der Waals surface area contributed by atoms with Crippen LogP contribution in [0.5, 0.6) is 0 Å². The molecular weight excluding hydrogens is 338 g/mol. The average molecular weight is 353 g/mol. The normalized spacial score (nSPS) is 15.9. The number of amidine groups is 1. The molecule has 6 nitrogen and oxygen atoms in total. The van der Waals surface area contributed by atoms with Gasteiger partial charge in [0, 0.05) is 23.2 Å². The van der Waals surface area contributed by atoms with Gasteiger partial charge >= 0.3 is 0 Å². The third-order valence-corrected chi connectivity index (χ3v) is 4.98. The molecule has 0 saturated heterocycles. The Morgan fingerprint density at radius 1 is 1.20 bits per heavy atom. The summed E-state index contributed by atoms with van der Waals surface area (Å²) >= 11 is 0. The van der Waals surface area contributed by atoms with Gasteiger partial charge in [-0.25, -0.2) is 8.42 Å². The monoisotopic (exact) mass is 353 g/mol. The molecule has 0 spiro atoms. The Morgan fingerprint density at radius 3 is 2.80 bits per heavy atom. The molecule has 0 fully saturated rings. The highest BCUT2D eigenvalue weighted by atomic mass is 32.2. The molecule has 0 atom stereocenters. The number of rotatable bonds is 4. The quantitative estimate of drug-likeness (QED) is 0.821. The Morgan fingerprint density at radius 2 is 2.00 bits per heavy atom. The predicted octanol–water partition coefficient (Wildman–Crippen LogP) is 1.74. The van der Waals surface area contributed by atoms with Crippen molar-refractivity contribution >= 4 is 27.5 Å². The van der Waals surface area contributed by atoms with E-state index < -0.39 is 10.0 Å². The molecular formula is C18H15N3O3S. The Balaban J connectivity index is 1.64. The number of amides is 1. The average Bonchev–Trinajstić information content (AvgIpc) is 2.86. The van der Waals surface area contributed by atoms with Gasteiger partial charge in [0.2, 0.25) is 5.91 Å². The number of carbonyl (C=O) groups is 1. The molecule has 0 aliphatic carbocycles. The number of fused-ring (bicyclic) bond motifs is 1. The number of benzene rings is 2. The number of terminal acetylenes is 1. The molecule has 1 amide bonds. The zero-order valence-electron chi connectivity index (χ0n) is 13.2. The Hall–Kier alpha value is -3.11. The number of hydrogen-bond acceptors (Lipinski definition) is 4. The molecule has 1 aliphatic heterocycles. The van der Waals surface area contributed by atoms with E-state index in [9.17, 15) is 13.2 Å². The van der Waals surface area contributed by atoms with Crippen LogP contribution in [0, 0.1) is 12.3 Å². The lowest BCUT2D eigenvalue weighted by Crippen LogP contribution is -2.23. The number of hydrogen-bond donors (Lipinski definition) is 2. The molecule has 0 bridgehead atoms. The largest absolute Gasteiger partial charge is 0.326 e. The second-order valence-corrected chi connectivity index (χ2v) is 7.01. The smallest absolute Gasteiger partial charge is 0.263 e. The van der Waals surface area contributed by atoms with Crippen molar-refractivity contribution in [2.45, 2.75) is 11.3 Å². The fraction of sp³-hybridized carbons (Fsp3) is 0.111. The summed E-state index contributed by atoms with van der Waals surface area (Å²) in [4.78, 5) is 16.4. The van der Waals surface area contributed by atoms with Gasteiger partial charge in [0.15, 0.2) is 0 Å². The number of nitrogens with zero attached hydrogens (tertiary/aromatic N) is 1. The van der Waals surface area contributed by atoms with Crippen LogP contribution >= 0.6 is 0 Å². The van der Waals surface area contributed by atoms with E-state index in [-0.39, 0.29) is 29.6 Å². The first kappa shape index (κ1) is 16.7. The number of nitrogens with one attached hydrogen (secondary N) is 2. The van der Waals surface area contributed by atoms with Gasteiger partial charge in [0.05, 0.1) is 11.4 Å².